The van der Waals surface area contributed by atoms with E-state index in [4.69, 9.17) is 4.74 Å². The molecule has 0 radical (unpaired) electrons. The molecule has 4 N–H and O–H groups in total. The summed E-state index contributed by atoms with van der Waals surface area (Å²) in [5, 5.41) is 26.4. The minimum atomic E-state index is -1.63. The molecule has 2 aromatic rings. The van der Waals surface area contributed by atoms with Crippen LogP contribution in [0.2, 0.25) is 0 Å². The zero-order valence-corrected chi connectivity index (χ0v) is 24.3. The lowest BCUT2D eigenvalue weighted by Gasteiger charge is -2.46. The summed E-state index contributed by atoms with van der Waals surface area (Å²) in [5.41, 5.74) is 2.12. The van der Waals surface area contributed by atoms with Crippen LogP contribution >= 0.6 is 0 Å². The number of nitrogens with one attached hydrogen (secondary N) is 2. The summed E-state index contributed by atoms with van der Waals surface area (Å²) in [4.78, 5) is 44.8. The molecule has 5 rings (SSSR count). The number of benzene rings is 1. The lowest BCUT2D eigenvalue weighted by molar-refractivity contribution is -0.148. The Morgan fingerprint density at radius 1 is 1.07 bits per heavy atom. The molecule has 0 bridgehead atoms. The van der Waals surface area contributed by atoms with Crippen molar-refractivity contribution in [1.29, 1.82) is 0 Å². The molecule has 2 aliphatic carbocycles. The van der Waals surface area contributed by atoms with Crippen molar-refractivity contribution in [2.75, 3.05) is 7.11 Å². The number of amides is 1. The minimum Gasteiger partial charge on any atom is -0.388 e. The maximum absolute atomic E-state index is 14.4. The number of hydrogen-bond acceptors (Lipinski definition) is 6. The molecule has 8 heteroatoms. The number of ketones is 2. The highest BCUT2D eigenvalue weighted by molar-refractivity contribution is 6.10. The van der Waals surface area contributed by atoms with Crippen molar-refractivity contribution in [2.24, 2.45) is 23.2 Å². The lowest BCUT2D eigenvalue weighted by Crippen LogP contribution is -2.56. The van der Waals surface area contributed by atoms with Gasteiger partial charge in [0.15, 0.2) is 5.78 Å². The van der Waals surface area contributed by atoms with E-state index in [1.165, 1.54) is 0 Å². The Labute approximate surface area is 240 Å². The molecule has 1 spiro atoms. The number of Topliss-reactive ketones (excluding diaryl/α,β-unsaturated/α-hetero) is 2. The average Bonchev–Trinajstić information content (AvgIpc) is 3.51. The van der Waals surface area contributed by atoms with Gasteiger partial charge in [-0.3, -0.25) is 14.4 Å². The summed E-state index contributed by atoms with van der Waals surface area (Å²) < 4.78 is 6.08. The van der Waals surface area contributed by atoms with E-state index in [0.29, 0.717) is 12.0 Å². The number of ether oxygens (including phenoxy) is 1. The first-order valence-electron chi connectivity index (χ1n) is 14.4. The summed E-state index contributed by atoms with van der Waals surface area (Å²) >= 11 is 0. The largest absolute Gasteiger partial charge is 0.388 e. The molecule has 1 aliphatic heterocycles. The molecule has 1 aromatic carbocycles. The first kappa shape index (κ1) is 29.2. The van der Waals surface area contributed by atoms with Crippen LogP contribution in [0.3, 0.4) is 0 Å². The molecule has 1 fully saturated rings. The van der Waals surface area contributed by atoms with Gasteiger partial charge in [0.25, 0.3) is 0 Å². The number of aromatic amines is 1. The normalized spacial score (nSPS) is 35.9. The summed E-state index contributed by atoms with van der Waals surface area (Å²) in [6.07, 6.45) is 4.69. The van der Waals surface area contributed by atoms with Crippen LogP contribution in [0.4, 0.5) is 0 Å². The molecule has 8 atom stereocenters. The standard InChI is InChI=1S/C33H40N2O6/c1-17-9-8-11-23-30(39)20(4)19(3)27-28(31(41-5)22-16-34-24-12-7-6-10-21(22)24)35-32(40)33(23,27)26(37)14-13-25(36)29(38)18(2)15-17/h6-8,10-12,15-17,23,25,27-28,30-31,34,36,39H,9,13-14H2,1-5H3,(H,35,40)/b11-8+,18-15+/t17-,23-,25-,27-,28+,30+,31?,33+/m0/s1. The second-order valence-corrected chi connectivity index (χ2v) is 12.0. The van der Waals surface area contributed by atoms with Crippen LogP contribution in [0, 0.1) is 23.2 Å². The van der Waals surface area contributed by atoms with Gasteiger partial charge in [-0.1, -0.05) is 48.9 Å². The zero-order chi connectivity index (χ0) is 29.6. The lowest BCUT2D eigenvalue weighted by atomic mass is 9.54. The van der Waals surface area contributed by atoms with Crippen molar-refractivity contribution in [2.45, 2.75) is 71.3 Å². The molecule has 1 amide bonds. The minimum absolute atomic E-state index is 0.0189. The molecule has 1 saturated heterocycles. The third-order valence-corrected chi connectivity index (χ3v) is 9.61. The number of carbonyl (C=O) groups is 3. The van der Waals surface area contributed by atoms with Crippen LogP contribution in [0.1, 0.15) is 58.6 Å². The van der Waals surface area contributed by atoms with Crippen LogP contribution in [0.15, 0.2) is 65.4 Å². The van der Waals surface area contributed by atoms with Crippen molar-refractivity contribution in [1.82, 2.24) is 10.3 Å². The molecule has 2 heterocycles. The molecule has 8 nitrogen and oxygen atoms in total. The number of allylic oxidation sites excluding steroid dienone is 2. The van der Waals surface area contributed by atoms with Crippen LogP contribution in [0.5, 0.6) is 0 Å². The van der Waals surface area contributed by atoms with Gasteiger partial charge in [-0.25, -0.2) is 0 Å². The number of carbonyl (C=O) groups excluding carboxylic acids is 3. The fourth-order valence-electron chi connectivity index (χ4n) is 7.42. The molecule has 1 aromatic heterocycles. The second-order valence-electron chi connectivity index (χ2n) is 12.0. The van der Waals surface area contributed by atoms with Crippen molar-refractivity contribution < 1.29 is 29.3 Å². The quantitative estimate of drug-likeness (QED) is 0.331. The van der Waals surface area contributed by atoms with Crippen LogP contribution in [0.25, 0.3) is 10.9 Å². The highest BCUT2D eigenvalue weighted by Gasteiger charge is 2.67. The molecule has 0 saturated carbocycles. The number of hydrogen-bond donors (Lipinski definition) is 4. The Hall–Kier alpha value is -3.33. The van der Waals surface area contributed by atoms with Crippen LogP contribution in [-0.4, -0.2) is 58.0 Å². The molecule has 3 aliphatic rings. The first-order chi connectivity index (χ1) is 19.5. The van der Waals surface area contributed by atoms with Crippen molar-refractivity contribution in [3.63, 3.8) is 0 Å². The van der Waals surface area contributed by atoms with Gasteiger partial charge in [-0.05, 0) is 56.7 Å². The number of rotatable bonds is 3. The molecule has 41 heavy (non-hydrogen) atoms. The third kappa shape index (κ3) is 4.62. The highest BCUT2D eigenvalue weighted by atomic mass is 16.5. The summed E-state index contributed by atoms with van der Waals surface area (Å²) in [6.45, 7) is 7.37. The summed E-state index contributed by atoms with van der Waals surface area (Å²) in [7, 11) is 1.59. The number of para-hydroxylation sites is 1. The van der Waals surface area contributed by atoms with Gasteiger partial charge in [0, 0.05) is 48.0 Å². The smallest absolute Gasteiger partial charge is 0.235 e. The number of methoxy groups -OCH3 is 1. The van der Waals surface area contributed by atoms with E-state index in [1.807, 2.05) is 69.5 Å². The maximum atomic E-state index is 14.4. The number of fused-ring (bicyclic) bond motifs is 1. The fourth-order valence-corrected chi connectivity index (χ4v) is 7.42. The molecular weight excluding hydrogens is 520 g/mol. The van der Waals surface area contributed by atoms with E-state index in [2.05, 4.69) is 10.3 Å². The summed E-state index contributed by atoms with van der Waals surface area (Å²) in [6, 6.07) is 7.24. The highest BCUT2D eigenvalue weighted by Crippen LogP contribution is 2.57. The Morgan fingerprint density at radius 3 is 2.54 bits per heavy atom. The Balaban J connectivity index is 1.67. The number of aliphatic hydroxyl groups excluding tert-OH is 2. The van der Waals surface area contributed by atoms with Gasteiger partial charge in [0.1, 0.15) is 23.4 Å². The van der Waals surface area contributed by atoms with Crippen LogP contribution in [-0.2, 0) is 19.1 Å². The predicted octanol–water partition coefficient (Wildman–Crippen LogP) is 4.11. The van der Waals surface area contributed by atoms with Gasteiger partial charge >= 0.3 is 0 Å². The van der Waals surface area contributed by atoms with Gasteiger partial charge in [-0.2, -0.15) is 0 Å². The van der Waals surface area contributed by atoms with Crippen molar-refractivity contribution in [3.8, 4) is 0 Å². The number of aromatic nitrogens is 1. The van der Waals surface area contributed by atoms with E-state index >= 15 is 0 Å². The van der Waals surface area contributed by atoms with E-state index in [0.717, 1.165) is 27.6 Å². The molecule has 218 valence electrons. The third-order valence-electron chi connectivity index (χ3n) is 9.61. The maximum Gasteiger partial charge on any atom is 0.235 e. The van der Waals surface area contributed by atoms with Crippen molar-refractivity contribution >= 4 is 28.4 Å². The van der Waals surface area contributed by atoms with E-state index < -0.39 is 59.1 Å². The summed E-state index contributed by atoms with van der Waals surface area (Å²) in [5.74, 6) is -2.72. The van der Waals surface area contributed by atoms with Crippen molar-refractivity contribution in [3.05, 3.63) is 71.0 Å². The Kier molecular flexibility index (Phi) is 7.94. The van der Waals surface area contributed by atoms with Crippen LogP contribution < -0.4 is 5.32 Å². The first-order valence-corrected chi connectivity index (χ1v) is 14.4. The van der Waals surface area contributed by atoms with Gasteiger partial charge in [-0.15, -0.1) is 0 Å². The molecular formula is C33H40N2O6. The fraction of sp³-hybridized carbons (Fsp3) is 0.485. The number of aliphatic hydroxyl groups is 2. The van der Waals surface area contributed by atoms with Gasteiger partial charge in [0.2, 0.25) is 5.91 Å². The van der Waals surface area contributed by atoms with Gasteiger partial charge < -0.3 is 25.3 Å². The topological polar surface area (TPSA) is 129 Å². The average molecular weight is 561 g/mol. The molecule has 1 unspecified atom stereocenters. The Bertz CT molecular complexity index is 1470. The van der Waals surface area contributed by atoms with E-state index in [9.17, 15) is 24.6 Å². The number of H-pyrrole nitrogens is 1. The second kappa shape index (κ2) is 11.2. The van der Waals surface area contributed by atoms with Gasteiger partial charge in [0.05, 0.1) is 12.1 Å². The van der Waals surface area contributed by atoms with E-state index in [-0.39, 0.29) is 18.8 Å². The Morgan fingerprint density at radius 2 is 1.80 bits per heavy atom. The predicted molar refractivity (Wildman–Crippen MR) is 156 cm³/mol. The van der Waals surface area contributed by atoms with E-state index in [1.54, 1.807) is 14.0 Å². The SMILES string of the molecule is COC(c1c[nH]c2ccccc12)[C@@H]1NC(=O)[C@@]23C(=O)CC[C@H](O)C(=O)/C(C)=C/[C@@H](C)C/C=C/[C@H]2[C@H](O)C(C)=C(C)[C@@H]13. The monoisotopic (exact) mass is 560 g/mol. The zero-order valence-electron chi connectivity index (χ0n) is 24.3.